The van der Waals surface area contributed by atoms with Gasteiger partial charge in [-0.25, -0.2) is 0 Å². The number of allylic oxidation sites excluding steroid dienone is 5. The van der Waals surface area contributed by atoms with Crippen LogP contribution in [0.25, 0.3) is 0 Å². The molecule has 1 aromatic carbocycles. The zero-order valence-corrected chi connectivity index (χ0v) is 13.8. The van der Waals surface area contributed by atoms with Gasteiger partial charge in [-0.2, -0.15) is 13.2 Å². The lowest BCUT2D eigenvalue weighted by Gasteiger charge is -2.12. The Balaban J connectivity index is 2.37. The predicted octanol–water partition coefficient (Wildman–Crippen LogP) is 6.32. The van der Waals surface area contributed by atoms with Crippen LogP contribution in [0.4, 0.5) is 18.9 Å². The molecule has 0 amide bonds. The Morgan fingerprint density at radius 3 is 2.70 bits per heavy atom. The standard InChI is InChI=1S/C18H18F3NS/c1-13(16-10-5-3-4-6-11-17(16)23-2)22-15-9-7-8-14(12-15)18(19,20)21/h4,6-12H,3,5H2,1-2H3/b6-4-,16-10-,17-11+,22-13+. The van der Waals surface area contributed by atoms with Crippen molar-refractivity contribution < 1.29 is 13.2 Å². The van der Waals surface area contributed by atoms with E-state index in [0.29, 0.717) is 5.69 Å². The minimum atomic E-state index is -4.35. The summed E-state index contributed by atoms with van der Waals surface area (Å²) < 4.78 is 38.4. The highest BCUT2D eigenvalue weighted by Crippen LogP contribution is 2.32. The van der Waals surface area contributed by atoms with Crippen LogP contribution in [-0.4, -0.2) is 12.0 Å². The van der Waals surface area contributed by atoms with E-state index in [1.54, 1.807) is 17.8 Å². The van der Waals surface area contributed by atoms with Crippen molar-refractivity contribution in [1.29, 1.82) is 0 Å². The molecule has 0 atom stereocenters. The van der Waals surface area contributed by atoms with Crippen LogP contribution in [0.15, 0.2) is 64.0 Å². The fourth-order valence-electron chi connectivity index (χ4n) is 2.28. The zero-order valence-electron chi connectivity index (χ0n) is 13.0. The molecule has 0 spiro atoms. The van der Waals surface area contributed by atoms with Gasteiger partial charge in [-0.15, -0.1) is 11.8 Å². The van der Waals surface area contributed by atoms with Gasteiger partial charge in [-0.05, 0) is 50.3 Å². The van der Waals surface area contributed by atoms with Gasteiger partial charge >= 0.3 is 6.18 Å². The molecule has 0 heterocycles. The van der Waals surface area contributed by atoms with Crippen molar-refractivity contribution in [3.63, 3.8) is 0 Å². The van der Waals surface area contributed by atoms with Crippen LogP contribution in [-0.2, 0) is 6.18 Å². The molecule has 0 unspecified atom stereocenters. The van der Waals surface area contributed by atoms with Gasteiger partial charge in [0, 0.05) is 16.2 Å². The molecular formula is C18H18F3NS. The molecule has 0 bridgehead atoms. The third-order valence-electron chi connectivity index (χ3n) is 3.41. The Hall–Kier alpha value is -1.75. The average molecular weight is 337 g/mol. The summed E-state index contributed by atoms with van der Waals surface area (Å²) in [7, 11) is 0. The van der Waals surface area contributed by atoms with Crippen LogP contribution >= 0.6 is 11.8 Å². The first kappa shape index (κ1) is 17.6. The third kappa shape index (κ3) is 4.86. The topological polar surface area (TPSA) is 12.4 Å². The summed E-state index contributed by atoms with van der Waals surface area (Å²) in [4.78, 5) is 5.46. The number of aliphatic imine (C=N–C) groups is 1. The van der Waals surface area contributed by atoms with E-state index < -0.39 is 11.7 Å². The maximum absolute atomic E-state index is 12.8. The minimum absolute atomic E-state index is 0.316. The lowest BCUT2D eigenvalue weighted by molar-refractivity contribution is -0.137. The van der Waals surface area contributed by atoms with Crippen molar-refractivity contribution in [1.82, 2.24) is 0 Å². The molecule has 1 aromatic rings. The molecule has 5 heteroatoms. The van der Waals surface area contributed by atoms with Crippen molar-refractivity contribution >= 4 is 23.2 Å². The third-order valence-corrected chi connectivity index (χ3v) is 4.21. The highest BCUT2D eigenvalue weighted by molar-refractivity contribution is 8.02. The molecule has 0 aromatic heterocycles. The molecular weight excluding hydrogens is 319 g/mol. The minimum Gasteiger partial charge on any atom is -0.253 e. The van der Waals surface area contributed by atoms with Gasteiger partial charge in [0.25, 0.3) is 0 Å². The summed E-state index contributed by atoms with van der Waals surface area (Å²) >= 11 is 1.60. The summed E-state index contributed by atoms with van der Waals surface area (Å²) in [6, 6.07) is 5.11. The number of rotatable bonds is 3. The number of thioether (sulfide) groups is 1. The number of nitrogens with zero attached hydrogens (tertiary/aromatic N) is 1. The second kappa shape index (κ2) is 7.68. The van der Waals surface area contributed by atoms with Crippen molar-refractivity contribution in [2.45, 2.75) is 25.9 Å². The number of hydrogen-bond donors (Lipinski definition) is 0. The normalized spacial score (nSPS) is 22.4. The van der Waals surface area contributed by atoms with Crippen LogP contribution in [0.1, 0.15) is 25.3 Å². The van der Waals surface area contributed by atoms with E-state index in [1.165, 1.54) is 6.07 Å². The van der Waals surface area contributed by atoms with E-state index in [-0.39, 0.29) is 0 Å². The Morgan fingerprint density at radius 2 is 2.00 bits per heavy atom. The molecule has 0 saturated carbocycles. The van der Waals surface area contributed by atoms with Gasteiger partial charge in [0.15, 0.2) is 0 Å². The Bertz CT molecular complexity index is 682. The van der Waals surface area contributed by atoms with Gasteiger partial charge in [0.05, 0.1) is 11.3 Å². The van der Waals surface area contributed by atoms with Crippen molar-refractivity contribution in [2.75, 3.05) is 6.26 Å². The quantitative estimate of drug-likeness (QED) is 0.588. The SMILES string of the molecule is CSC1=C/C=C\CC/C=C\1C(/C)=N/c1cccc(C(F)(F)F)c1. The lowest BCUT2D eigenvalue weighted by atomic mass is 10.1. The fraction of sp³-hybridized carbons (Fsp3) is 0.278. The van der Waals surface area contributed by atoms with Crippen molar-refractivity contribution in [2.24, 2.45) is 4.99 Å². The van der Waals surface area contributed by atoms with Crippen LogP contribution in [0.3, 0.4) is 0 Å². The number of benzene rings is 1. The summed E-state index contributed by atoms with van der Waals surface area (Å²) in [6.07, 6.45) is 7.68. The summed E-state index contributed by atoms with van der Waals surface area (Å²) in [5.41, 5.74) is 1.34. The van der Waals surface area contributed by atoms with E-state index >= 15 is 0 Å². The molecule has 0 fully saturated rings. The lowest BCUT2D eigenvalue weighted by Crippen LogP contribution is -2.04. The first-order valence-corrected chi connectivity index (χ1v) is 8.48. The average Bonchev–Trinajstić information content (AvgIpc) is 2.46. The molecule has 1 aliphatic carbocycles. The van der Waals surface area contributed by atoms with Gasteiger partial charge < -0.3 is 0 Å². The summed E-state index contributed by atoms with van der Waals surface area (Å²) in [5, 5.41) is 0. The van der Waals surface area contributed by atoms with Crippen molar-refractivity contribution in [3.8, 4) is 0 Å². The van der Waals surface area contributed by atoms with Gasteiger partial charge in [-0.1, -0.05) is 24.3 Å². The molecule has 122 valence electrons. The van der Waals surface area contributed by atoms with E-state index in [9.17, 15) is 13.2 Å². The highest BCUT2D eigenvalue weighted by Gasteiger charge is 2.30. The van der Waals surface area contributed by atoms with Crippen molar-refractivity contribution in [3.05, 3.63) is 64.6 Å². The zero-order chi connectivity index (χ0) is 16.9. The van der Waals surface area contributed by atoms with E-state index in [0.717, 1.165) is 41.2 Å². The monoisotopic (exact) mass is 337 g/mol. The first-order valence-electron chi connectivity index (χ1n) is 7.26. The van der Waals surface area contributed by atoms with Crippen LogP contribution in [0.2, 0.25) is 0 Å². The van der Waals surface area contributed by atoms with E-state index in [2.05, 4.69) is 17.1 Å². The maximum atomic E-state index is 12.8. The molecule has 1 aliphatic rings. The molecule has 0 radical (unpaired) electrons. The van der Waals surface area contributed by atoms with Gasteiger partial charge in [0.2, 0.25) is 0 Å². The molecule has 1 nitrogen and oxygen atoms in total. The van der Waals surface area contributed by atoms with Crippen LogP contribution < -0.4 is 0 Å². The Labute approximate surface area is 138 Å². The molecule has 23 heavy (non-hydrogen) atoms. The van der Waals surface area contributed by atoms with Gasteiger partial charge in [0.1, 0.15) is 0 Å². The molecule has 0 saturated heterocycles. The Morgan fingerprint density at radius 1 is 1.22 bits per heavy atom. The second-order valence-corrected chi connectivity index (χ2v) is 5.95. The predicted molar refractivity (Wildman–Crippen MR) is 92.3 cm³/mol. The van der Waals surface area contributed by atoms with Crippen LogP contribution in [0, 0.1) is 0 Å². The highest BCUT2D eigenvalue weighted by atomic mass is 32.2. The summed E-state index contributed by atoms with van der Waals surface area (Å²) in [5.74, 6) is 0. The first-order chi connectivity index (χ1) is 10.9. The Kier molecular flexibility index (Phi) is 5.88. The van der Waals surface area contributed by atoms with Crippen LogP contribution in [0.5, 0.6) is 0 Å². The number of alkyl halides is 3. The number of hydrogen-bond acceptors (Lipinski definition) is 2. The second-order valence-electron chi connectivity index (χ2n) is 5.10. The number of halogens is 3. The molecule has 0 N–H and O–H groups in total. The molecule has 2 rings (SSSR count). The largest absolute Gasteiger partial charge is 0.416 e. The van der Waals surface area contributed by atoms with E-state index in [1.807, 2.05) is 25.3 Å². The van der Waals surface area contributed by atoms with E-state index in [4.69, 9.17) is 0 Å². The smallest absolute Gasteiger partial charge is 0.253 e. The fourth-order valence-corrected chi connectivity index (χ4v) is 2.94. The molecule has 0 aliphatic heterocycles. The van der Waals surface area contributed by atoms with Gasteiger partial charge in [-0.3, -0.25) is 4.99 Å². The summed E-state index contributed by atoms with van der Waals surface area (Å²) in [6.45, 7) is 1.83. The maximum Gasteiger partial charge on any atom is 0.416 e.